The van der Waals surface area contributed by atoms with Crippen LogP contribution in [0.5, 0.6) is 17.2 Å². The molecule has 0 bridgehead atoms. The largest absolute Gasteiger partial charge is 0.493 e. The second-order valence-electron chi connectivity index (χ2n) is 4.94. The van der Waals surface area contributed by atoms with Gasteiger partial charge in [0.1, 0.15) is 0 Å². The minimum Gasteiger partial charge on any atom is -0.493 e. The van der Waals surface area contributed by atoms with Crippen molar-refractivity contribution in [2.24, 2.45) is 0 Å². The topological polar surface area (TPSA) is 61.3 Å². The Labute approximate surface area is 144 Å². The number of para-hydroxylation sites is 1. The number of hydrogen-bond donors (Lipinski definition) is 1. The Morgan fingerprint density at radius 1 is 0.958 bits per heavy atom. The number of nitrogens with zero attached hydrogens (tertiary/aromatic N) is 2. The molecule has 2 aromatic carbocycles. The Morgan fingerprint density at radius 2 is 1.58 bits per heavy atom. The van der Waals surface area contributed by atoms with E-state index in [9.17, 15) is 0 Å². The molecule has 0 unspecified atom stereocenters. The fraction of sp³-hybridized carbons (Fsp3) is 0.176. The lowest BCUT2D eigenvalue weighted by atomic mass is 10.1. The van der Waals surface area contributed by atoms with Gasteiger partial charge in [-0.25, -0.2) is 0 Å². The number of methoxy groups -OCH3 is 3. The molecule has 3 rings (SSSR count). The zero-order valence-electron chi connectivity index (χ0n) is 13.6. The van der Waals surface area contributed by atoms with Gasteiger partial charge < -0.3 is 14.2 Å². The van der Waals surface area contributed by atoms with Gasteiger partial charge in [0.2, 0.25) is 5.75 Å². The fourth-order valence-corrected chi connectivity index (χ4v) is 2.75. The molecule has 1 aromatic heterocycles. The maximum atomic E-state index is 5.41. The molecule has 0 spiro atoms. The van der Waals surface area contributed by atoms with Crippen LogP contribution in [0.15, 0.2) is 42.5 Å². The van der Waals surface area contributed by atoms with Crippen LogP contribution in [0.4, 0.5) is 0 Å². The number of aromatic amines is 1. The molecule has 0 aliphatic carbocycles. The number of nitrogens with one attached hydrogen (secondary N) is 1. The van der Waals surface area contributed by atoms with Gasteiger partial charge in [0.25, 0.3) is 0 Å². The van der Waals surface area contributed by atoms with Crippen molar-refractivity contribution in [3.05, 3.63) is 47.2 Å². The summed E-state index contributed by atoms with van der Waals surface area (Å²) < 4.78 is 18.6. The van der Waals surface area contributed by atoms with Gasteiger partial charge in [-0.3, -0.25) is 9.67 Å². The Bertz CT molecular complexity index is 878. The van der Waals surface area contributed by atoms with Crippen molar-refractivity contribution < 1.29 is 14.2 Å². The molecule has 0 saturated heterocycles. The van der Waals surface area contributed by atoms with E-state index in [4.69, 9.17) is 26.4 Å². The van der Waals surface area contributed by atoms with E-state index in [0.29, 0.717) is 27.8 Å². The monoisotopic (exact) mass is 343 g/mol. The maximum Gasteiger partial charge on any atom is 0.203 e. The molecule has 0 aliphatic rings. The zero-order chi connectivity index (χ0) is 17.1. The van der Waals surface area contributed by atoms with Gasteiger partial charge in [-0.15, -0.1) is 0 Å². The molecule has 0 amide bonds. The third-order valence-electron chi connectivity index (χ3n) is 3.61. The number of rotatable bonds is 5. The normalized spacial score (nSPS) is 10.5. The second kappa shape index (κ2) is 6.76. The second-order valence-corrected chi connectivity index (χ2v) is 5.32. The molecular formula is C17H17N3O3S. The highest BCUT2D eigenvalue weighted by Crippen LogP contribution is 2.41. The summed E-state index contributed by atoms with van der Waals surface area (Å²) in [6.45, 7) is 0. The first-order chi connectivity index (χ1) is 11.7. The van der Waals surface area contributed by atoms with Crippen LogP contribution < -0.4 is 14.2 Å². The lowest BCUT2D eigenvalue weighted by Gasteiger charge is -2.14. The highest BCUT2D eigenvalue weighted by Gasteiger charge is 2.18. The van der Waals surface area contributed by atoms with Crippen molar-refractivity contribution in [1.29, 1.82) is 0 Å². The van der Waals surface area contributed by atoms with Crippen molar-refractivity contribution in [3.63, 3.8) is 0 Å². The Morgan fingerprint density at radius 3 is 2.12 bits per heavy atom. The molecule has 1 heterocycles. The van der Waals surface area contributed by atoms with Crippen molar-refractivity contribution in [1.82, 2.24) is 14.8 Å². The summed E-state index contributed by atoms with van der Waals surface area (Å²) in [6, 6.07) is 13.5. The van der Waals surface area contributed by atoms with E-state index in [1.165, 1.54) is 0 Å². The molecule has 0 fully saturated rings. The number of benzene rings is 2. The molecule has 0 atom stereocenters. The molecule has 0 saturated carbocycles. The van der Waals surface area contributed by atoms with Gasteiger partial charge in [-0.2, -0.15) is 5.10 Å². The van der Waals surface area contributed by atoms with Crippen molar-refractivity contribution in [2.45, 2.75) is 0 Å². The molecule has 3 aromatic rings. The third-order valence-corrected chi connectivity index (χ3v) is 3.88. The fourth-order valence-electron chi connectivity index (χ4n) is 2.52. The van der Waals surface area contributed by atoms with Gasteiger partial charge in [0.05, 0.1) is 21.3 Å². The summed E-state index contributed by atoms with van der Waals surface area (Å²) in [5, 5.41) is 7.20. The average molecular weight is 343 g/mol. The first-order valence-corrected chi connectivity index (χ1v) is 7.63. The van der Waals surface area contributed by atoms with Gasteiger partial charge in [-0.05, 0) is 36.5 Å². The molecule has 6 nitrogen and oxygen atoms in total. The molecule has 24 heavy (non-hydrogen) atoms. The van der Waals surface area contributed by atoms with Gasteiger partial charge in [0, 0.05) is 11.3 Å². The van der Waals surface area contributed by atoms with Crippen LogP contribution in [0.1, 0.15) is 0 Å². The number of ether oxygens (including phenoxy) is 3. The van der Waals surface area contributed by atoms with E-state index in [2.05, 4.69) is 10.2 Å². The summed E-state index contributed by atoms with van der Waals surface area (Å²) in [5.41, 5.74) is 1.71. The summed E-state index contributed by atoms with van der Waals surface area (Å²) in [6.07, 6.45) is 0. The Hall–Kier alpha value is -2.80. The van der Waals surface area contributed by atoms with E-state index in [1.807, 2.05) is 47.0 Å². The van der Waals surface area contributed by atoms with Crippen LogP contribution in [0.2, 0.25) is 0 Å². The lowest BCUT2D eigenvalue weighted by molar-refractivity contribution is 0.324. The van der Waals surface area contributed by atoms with Crippen LogP contribution in [-0.4, -0.2) is 36.1 Å². The minimum atomic E-state index is 0.505. The standard InChI is InChI=1S/C17H17N3O3S/c1-21-13-9-11(10-14(22-2)15(13)23-3)16-18-19-17(24)20(16)12-7-5-4-6-8-12/h4-10H,1-3H3,(H,19,24). The number of aromatic nitrogens is 3. The van der Waals surface area contributed by atoms with Crippen LogP contribution >= 0.6 is 12.2 Å². The predicted molar refractivity (Wildman–Crippen MR) is 93.8 cm³/mol. The summed E-state index contributed by atoms with van der Waals surface area (Å²) in [4.78, 5) is 0. The smallest absolute Gasteiger partial charge is 0.203 e. The molecule has 124 valence electrons. The number of hydrogen-bond acceptors (Lipinski definition) is 5. The quantitative estimate of drug-likeness (QED) is 0.717. The predicted octanol–water partition coefficient (Wildman–Crippen LogP) is 3.62. The maximum absolute atomic E-state index is 5.41. The number of H-pyrrole nitrogens is 1. The van der Waals surface area contributed by atoms with Gasteiger partial charge in [-0.1, -0.05) is 18.2 Å². The van der Waals surface area contributed by atoms with Crippen LogP contribution in [0.3, 0.4) is 0 Å². The van der Waals surface area contributed by atoms with E-state index in [1.54, 1.807) is 21.3 Å². The van der Waals surface area contributed by atoms with Gasteiger partial charge >= 0.3 is 0 Å². The van der Waals surface area contributed by atoms with E-state index >= 15 is 0 Å². The molecular weight excluding hydrogens is 326 g/mol. The molecule has 7 heteroatoms. The molecule has 0 aliphatic heterocycles. The van der Waals surface area contributed by atoms with Crippen molar-refractivity contribution >= 4 is 12.2 Å². The highest BCUT2D eigenvalue weighted by molar-refractivity contribution is 7.71. The van der Waals surface area contributed by atoms with Crippen molar-refractivity contribution in [2.75, 3.05) is 21.3 Å². The van der Waals surface area contributed by atoms with E-state index in [0.717, 1.165) is 11.3 Å². The first-order valence-electron chi connectivity index (χ1n) is 7.22. The Balaban J connectivity index is 2.23. The summed E-state index contributed by atoms with van der Waals surface area (Å²) in [7, 11) is 4.73. The SMILES string of the molecule is COc1cc(-c2n[nH]c(=S)n2-c2ccccc2)cc(OC)c1OC. The van der Waals surface area contributed by atoms with Crippen LogP contribution in [0.25, 0.3) is 17.1 Å². The summed E-state index contributed by atoms with van der Waals surface area (Å²) >= 11 is 5.38. The van der Waals surface area contributed by atoms with Gasteiger partial charge in [0.15, 0.2) is 22.1 Å². The van der Waals surface area contributed by atoms with Crippen LogP contribution in [-0.2, 0) is 0 Å². The van der Waals surface area contributed by atoms with Crippen molar-refractivity contribution in [3.8, 4) is 34.3 Å². The molecule has 0 radical (unpaired) electrons. The van der Waals surface area contributed by atoms with E-state index < -0.39 is 0 Å². The van der Waals surface area contributed by atoms with E-state index in [-0.39, 0.29) is 0 Å². The highest BCUT2D eigenvalue weighted by atomic mass is 32.1. The summed E-state index contributed by atoms with van der Waals surface area (Å²) in [5.74, 6) is 2.30. The average Bonchev–Trinajstić information content (AvgIpc) is 3.02. The molecule has 1 N–H and O–H groups in total. The third kappa shape index (κ3) is 2.74. The van der Waals surface area contributed by atoms with Crippen LogP contribution in [0, 0.1) is 4.77 Å². The lowest BCUT2D eigenvalue weighted by Crippen LogP contribution is -2.00. The zero-order valence-corrected chi connectivity index (χ0v) is 14.4. The first kappa shape index (κ1) is 16.1. The minimum absolute atomic E-state index is 0.505. The Kier molecular flexibility index (Phi) is 4.52.